The molecule has 0 saturated carbocycles. The Morgan fingerprint density at radius 1 is 0.923 bits per heavy atom. The number of carboxylic acid groups (broad SMARTS) is 2. The fourth-order valence-electron chi connectivity index (χ4n) is 1.93. The van der Waals surface area contributed by atoms with Crippen LogP contribution in [0.5, 0.6) is 0 Å². The average molecular weight is 376 g/mol. The van der Waals surface area contributed by atoms with Gasteiger partial charge in [-0.25, -0.2) is 4.79 Å². The summed E-state index contributed by atoms with van der Waals surface area (Å²) in [6, 6.07) is 0. The zero-order chi connectivity index (χ0) is 19.9. The van der Waals surface area contributed by atoms with Crippen LogP contribution >= 0.6 is 0 Å². The van der Waals surface area contributed by atoms with Gasteiger partial charge < -0.3 is 29.9 Å². The van der Waals surface area contributed by atoms with Crippen LogP contribution in [0, 0.1) is 0 Å². The minimum Gasteiger partial charge on any atom is -0.481 e. The van der Waals surface area contributed by atoms with Gasteiger partial charge in [0.2, 0.25) is 0 Å². The maximum absolute atomic E-state index is 11.8. The summed E-state index contributed by atoms with van der Waals surface area (Å²) in [5.74, 6) is -3.27. The van der Waals surface area contributed by atoms with E-state index < -0.39 is 43.2 Å². The summed E-state index contributed by atoms with van der Waals surface area (Å²) in [6.45, 7) is 0.229. The van der Waals surface area contributed by atoms with Crippen molar-refractivity contribution in [3.05, 3.63) is 11.5 Å². The molecule has 0 aliphatic heterocycles. The van der Waals surface area contributed by atoms with E-state index in [1.165, 1.54) is 6.92 Å². The zero-order valence-corrected chi connectivity index (χ0v) is 15.0. The van der Waals surface area contributed by atoms with Crippen molar-refractivity contribution in [3.63, 3.8) is 0 Å². The number of ether oxygens (including phenoxy) is 2. The lowest BCUT2D eigenvalue weighted by Crippen LogP contribution is -2.21. The average Bonchev–Trinajstić information content (AvgIpc) is 2.59. The number of unbranched alkanes of at least 4 members (excludes halogenated alkanes) is 5. The molecule has 0 rings (SSSR count). The fourth-order valence-corrected chi connectivity index (χ4v) is 1.93. The molecule has 9 heteroatoms. The van der Waals surface area contributed by atoms with E-state index in [-0.39, 0.29) is 18.4 Å². The van der Waals surface area contributed by atoms with E-state index in [9.17, 15) is 19.5 Å². The van der Waals surface area contributed by atoms with E-state index >= 15 is 0 Å². The molecule has 1 unspecified atom stereocenters. The van der Waals surface area contributed by atoms with Crippen LogP contribution in [-0.2, 0) is 23.9 Å². The summed E-state index contributed by atoms with van der Waals surface area (Å²) < 4.78 is 9.90. The highest BCUT2D eigenvalue weighted by molar-refractivity contribution is 5.86. The van der Waals surface area contributed by atoms with Crippen molar-refractivity contribution in [1.29, 1.82) is 0 Å². The van der Waals surface area contributed by atoms with Gasteiger partial charge in [-0.3, -0.25) is 9.59 Å². The molecule has 0 bridgehead atoms. The van der Waals surface area contributed by atoms with E-state index in [4.69, 9.17) is 24.8 Å². The lowest BCUT2D eigenvalue weighted by Gasteiger charge is -2.14. The Balaban J connectivity index is 4.15. The van der Waals surface area contributed by atoms with Gasteiger partial charge in [0, 0.05) is 12.8 Å². The molecule has 1 atom stereocenters. The SMILES string of the molecule is CC(C(=O)O)=C(OCC(O)CO)OC(=O)CCCCCCCCC(=O)O. The number of carbonyl (C=O) groups is 3. The number of carboxylic acids is 2. The zero-order valence-electron chi connectivity index (χ0n) is 15.0. The maximum atomic E-state index is 11.8. The Kier molecular flexibility index (Phi) is 12.9. The van der Waals surface area contributed by atoms with Gasteiger partial charge in [-0.2, -0.15) is 0 Å². The summed E-state index contributed by atoms with van der Waals surface area (Å²) in [4.78, 5) is 33.1. The lowest BCUT2D eigenvalue weighted by atomic mass is 10.1. The molecule has 0 aromatic rings. The van der Waals surface area contributed by atoms with Crippen LogP contribution in [0.4, 0.5) is 0 Å². The summed E-state index contributed by atoms with van der Waals surface area (Å²) in [5, 5.41) is 35.4. The first-order valence-electron chi connectivity index (χ1n) is 8.56. The van der Waals surface area contributed by atoms with Crippen LogP contribution in [0.1, 0.15) is 58.3 Å². The second kappa shape index (κ2) is 14.1. The number of hydrogen-bond donors (Lipinski definition) is 4. The van der Waals surface area contributed by atoms with Crippen molar-refractivity contribution in [1.82, 2.24) is 0 Å². The lowest BCUT2D eigenvalue weighted by molar-refractivity contribution is -0.147. The van der Waals surface area contributed by atoms with Gasteiger partial charge in [-0.15, -0.1) is 0 Å². The molecular formula is C17H28O9. The largest absolute Gasteiger partial charge is 0.481 e. The summed E-state index contributed by atoms with van der Waals surface area (Å²) in [5.41, 5.74) is -0.318. The number of esters is 1. The summed E-state index contributed by atoms with van der Waals surface area (Å²) in [6.07, 6.45) is 3.55. The quantitative estimate of drug-likeness (QED) is 0.144. The minimum atomic E-state index is -1.33. The van der Waals surface area contributed by atoms with E-state index in [1.807, 2.05) is 0 Å². The van der Waals surface area contributed by atoms with Crippen molar-refractivity contribution >= 4 is 17.9 Å². The Bertz CT molecular complexity index is 485. The minimum absolute atomic E-state index is 0.0808. The Hall–Kier alpha value is -2.13. The molecule has 150 valence electrons. The summed E-state index contributed by atoms with van der Waals surface area (Å²) >= 11 is 0. The van der Waals surface area contributed by atoms with Crippen molar-refractivity contribution in [2.24, 2.45) is 0 Å². The first kappa shape index (κ1) is 23.9. The molecular weight excluding hydrogens is 348 g/mol. The maximum Gasteiger partial charge on any atom is 0.338 e. The van der Waals surface area contributed by atoms with Gasteiger partial charge in [0.05, 0.1) is 6.61 Å². The number of hydrogen-bond acceptors (Lipinski definition) is 7. The van der Waals surface area contributed by atoms with Crippen LogP contribution in [-0.4, -0.2) is 57.7 Å². The van der Waals surface area contributed by atoms with Crippen molar-refractivity contribution in [2.75, 3.05) is 13.2 Å². The molecule has 0 fully saturated rings. The molecule has 0 aromatic heterocycles. The smallest absolute Gasteiger partial charge is 0.338 e. The van der Waals surface area contributed by atoms with Gasteiger partial charge in [0.25, 0.3) is 5.95 Å². The first-order valence-corrected chi connectivity index (χ1v) is 8.56. The predicted molar refractivity (Wildman–Crippen MR) is 90.0 cm³/mol. The predicted octanol–water partition coefficient (Wildman–Crippen LogP) is 1.42. The molecule has 4 N–H and O–H groups in total. The molecule has 0 aliphatic rings. The van der Waals surface area contributed by atoms with E-state index in [0.717, 1.165) is 25.7 Å². The molecule has 0 saturated heterocycles. The highest BCUT2D eigenvalue weighted by Gasteiger charge is 2.18. The van der Waals surface area contributed by atoms with Crippen LogP contribution in [0.2, 0.25) is 0 Å². The topological polar surface area (TPSA) is 151 Å². The van der Waals surface area contributed by atoms with Crippen molar-refractivity contribution in [3.8, 4) is 0 Å². The second-order valence-corrected chi connectivity index (χ2v) is 5.85. The van der Waals surface area contributed by atoms with Gasteiger partial charge in [0.15, 0.2) is 0 Å². The van der Waals surface area contributed by atoms with Crippen molar-refractivity contribution < 1.29 is 44.3 Å². The third kappa shape index (κ3) is 12.3. The molecule has 0 aromatic carbocycles. The normalized spacial score (nSPS) is 12.9. The fraction of sp³-hybridized carbons (Fsp3) is 0.706. The van der Waals surface area contributed by atoms with Gasteiger partial charge in [-0.1, -0.05) is 25.7 Å². The highest BCUT2D eigenvalue weighted by Crippen LogP contribution is 2.13. The van der Waals surface area contributed by atoms with Crippen LogP contribution in [0.25, 0.3) is 0 Å². The Morgan fingerprint density at radius 3 is 1.96 bits per heavy atom. The third-order valence-electron chi connectivity index (χ3n) is 3.47. The van der Waals surface area contributed by atoms with Crippen LogP contribution in [0.15, 0.2) is 11.5 Å². The van der Waals surface area contributed by atoms with E-state index in [0.29, 0.717) is 12.8 Å². The second-order valence-electron chi connectivity index (χ2n) is 5.85. The first-order chi connectivity index (χ1) is 12.3. The van der Waals surface area contributed by atoms with Gasteiger partial charge >= 0.3 is 17.9 Å². The van der Waals surface area contributed by atoms with Crippen LogP contribution < -0.4 is 0 Å². The Morgan fingerprint density at radius 2 is 1.46 bits per heavy atom. The molecule has 0 amide bonds. The van der Waals surface area contributed by atoms with Crippen molar-refractivity contribution in [2.45, 2.75) is 64.4 Å². The molecule has 9 nitrogen and oxygen atoms in total. The number of rotatable bonds is 15. The number of aliphatic hydroxyl groups is 2. The number of aliphatic carboxylic acids is 2. The Labute approximate surface area is 152 Å². The number of aliphatic hydroxyl groups excluding tert-OH is 2. The molecule has 0 radical (unpaired) electrons. The molecule has 0 aliphatic carbocycles. The third-order valence-corrected chi connectivity index (χ3v) is 3.47. The van der Waals surface area contributed by atoms with Gasteiger partial charge in [-0.05, 0) is 19.8 Å². The van der Waals surface area contributed by atoms with Gasteiger partial charge in [0.1, 0.15) is 18.3 Å². The van der Waals surface area contributed by atoms with Crippen LogP contribution in [0.3, 0.4) is 0 Å². The molecule has 26 heavy (non-hydrogen) atoms. The molecule has 0 spiro atoms. The van der Waals surface area contributed by atoms with E-state index in [2.05, 4.69) is 0 Å². The standard InChI is InChI=1S/C17H28O9/c1-12(16(23)24)17(25-11-13(19)10-18)26-15(22)9-7-5-3-2-4-6-8-14(20)21/h13,18-19H,2-11H2,1H3,(H,20,21)(H,23,24). The number of carbonyl (C=O) groups excluding carboxylic acids is 1. The summed E-state index contributed by atoms with van der Waals surface area (Å²) in [7, 11) is 0. The molecule has 0 heterocycles. The van der Waals surface area contributed by atoms with E-state index in [1.54, 1.807) is 0 Å². The highest BCUT2D eigenvalue weighted by atomic mass is 16.7. The monoisotopic (exact) mass is 376 g/mol.